The number of ether oxygens (including phenoxy) is 1. The van der Waals surface area contributed by atoms with Crippen LogP contribution in [0.5, 0.6) is 0 Å². The Morgan fingerprint density at radius 3 is 2.81 bits per heavy atom. The Balaban J connectivity index is 2.22. The zero-order valence-corrected chi connectivity index (χ0v) is 9.79. The number of halogens is 1. The van der Waals surface area contributed by atoms with Crippen molar-refractivity contribution in [2.24, 2.45) is 5.73 Å². The number of hydrogen-bond acceptors (Lipinski definition) is 2. The molecular formula is C13H18FNO. The molecule has 1 saturated heterocycles. The molecule has 88 valence electrons. The SMILES string of the molecule is CC1(C)C[C@@H](c2ccc(F)c(CN)c2)CO1. The van der Waals surface area contributed by atoms with E-state index in [4.69, 9.17) is 10.5 Å². The average Bonchev–Trinajstić information content (AvgIpc) is 2.59. The van der Waals surface area contributed by atoms with Crippen molar-refractivity contribution in [1.29, 1.82) is 0 Å². The second-order valence-corrected chi connectivity index (χ2v) is 5.03. The third-order valence-corrected chi connectivity index (χ3v) is 3.17. The van der Waals surface area contributed by atoms with Crippen LogP contribution in [0.2, 0.25) is 0 Å². The molecule has 0 unspecified atom stereocenters. The summed E-state index contributed by atoms with van der Waals surface area (Å²) in [7, 11) is 0. The maximum Gasteiger partial charge on any atom is 0.127 e. The highest BCUT2D eigenvalue weighted by molar-refractivity contribution is 5.28. The van der Waals surface area contributed by atoms with Gasteiger partial charge in [0.15, 0.2) is 0 Å². The lowest BCUT2D eigenvalue weighted by atomic mass is 9.91. The fourth-order valence-corrected chi connectivity index (χ4v) is 2.26. The van der Waals surface area contributed by atoms with Crippen molar-refractivity contribution >= 4 is 0 Å². The van der Waals surface area contributed by atoms with E-state index in [1.165, 1.54) is 6.07 Å². The summed E-state index contributed by atoms with van der Waals surface area (Å²) in [5.74, 6) is 0.144. The molecule has 16 heavy (non-hydrogen) atoms. The Kier molecular flexibility index (Phi) is 3.00. The summed E-state index contributed by atoms with van der Waals surface area (Å²) in [6, 6.07) is 5.21. The minimum absolute atomic E-state index is 0.0675. The van der Waals surface area contributed by atoms with E-state index in [0.29, 0.717) is 18.1 Å². The first-order chi connectivity index (χ1) is 7.52. The Hall–Kier alpha value is -0.930. The minimum Gasteiger partial charge on any atom is -0.375 e. The van der Waals surface area contributed by atoms with Crippen LogP contribution in [0.3, 0.4) is 0 Å². The summed E-state index contributed by atoms with van der Waals surface area (Å²) >= 11 is 0. The standard InChI is InChI=1S/C13H18FNO/c1-13(2)6-11(8-16-13)9-3-4-12(14)10(5-9)7-15/h3-5,11H,6-8,15H2,1-2H3/t11-/m1/s1. The fourth-order valence-electron chi connectivity index (χ4n) is 2.26. The van der Waals surface area contributed by atoms with E-state index < -0.39 is 0 Å². The summed E-state index contributed by atoms with van der Waals surface area (Å²) < 4.78 is 19.0. The molecule has 0 amide bonds. The first kappa shape index (κ1) is 11.6. The van der Waals surface area contributed by atoms with Gasteiger partial charge in [-0.05, 0) is 31.9 Å². The summed E-state index contributed by atoms with van der Waals surface area (Å²) in [6.07, 6.45) is 0.975. The van der Waals surface area contributed by atoms with E-state index in [0.717, 1.165) is 12.0 Å². The Bertz CT molecular complexity index is 390. The predicted octanol–water partition coefficient (Wildman–Crippen LogP) is 2.57. The van der Waals surface area contributed by atoms with Crippen LogP contribution in [0.1, 0.15) is 37.3 Å². The van der Waals surface area contributed by atoms with Gasteiger partial charge in [0.2, 0.25) is 0 Å². The van der Waals surface area contributed by atoms with Gasteiger partial charge in [-0.2, -0.15) is 0 Å². The maximum absolute atomic E-state index is 13.3. The molecule has 1 aliphatic heterocycles. The molecule has 0 spiro atoms. The zero-order chi connectivity index (χ0) is 11.8. The quantitative estimate of drug-likeness (QED) is 0.836. The summed E-state index contributed by atoms with van der Waals surface area (Å²) in [5, 5.41) is 0. The van der Waals surface area contributed by atoms with Crippen LogP contribution in [-0.2, 0) is 11.3 Å². The van der Waals surface area contributed by atoms with Crippen molar-refractivity contribution in [2.75, 3.05) is 6.61 Å². The fraction of sp³-hybridized carbons (Fsp3) is 0.538. The molecule has 0 bridgehead atoms. The van der Waals surface area contributed by atoms with E-state index >= 15 is 0 Å². The normalized spacial score (nSPS) is 23.6. The van der Waals surface area contributed by atoms with Gasteiger partial charge in [-0.3, -0.25) is 0 Å². The van der Waals surface area contributed by atoms with Crippen molar-refractivity contribution in [2.45, 2.75) is 38.3 Å². The Morgan fingerprint density at radius 2 is 2.25 bits per heavy atom. The molecule has 1 fully saturated rings. The van der Waals surface area contributed by atoms with Gasteiger partial charge in [-0.1, -0.05) is 12.1 Å². The molecule has 0 aliphatic carbocycles. The maximum atomic E-state index is 13.3. The molecule has 1 aliphatic rings. The third kappa shape index (κ3) is 2.25. The van der Waals surface area contributed by atoms with Crippen molar-refractivity contribution in [3.8, 4) is 0 Å². The molecule has 2 nitrogen and oxygen atoms in total. The van der Waals surface area contributed by atoms with Crippen LogP contribution in [0.25, 0.3) is 0 Å². The van der Waals surface area contributed by atoms with Crippen LogP contribution in [0.4, 0.5) is 4.39 Å². The lowest BCUT2D eigenvalue weighted by molar-refractivity contribution is 0.0361. The highest BCUT2D eigenvalue weighted by Crippen LogP contribution is 2.36. The van der Waals surface area contributed by atoms with E-state index in [9.17, 15) is 4.39 Å². The number of benzene rings is 1. The van der Waals surface area contributed by atoms with E-state index in [1.807, 2.05) is 12.1 Å². The monoisotopic (exact) mass is 223 g/mol. The van der Waals surface area contributed by atoms with Gasteiger partial charge in [0.1, 0.15) is 5.82 Å². The number of nitrogens with two attached hydrogens (primary N) is 1. The summed E-state index contributed by atoms with van der Waals surface area (Å²) in [6.45, 7) is 5.13. The largest absolute Gasteiger partial charge is 0.375 e. The number of rotatable bonds is 2. The first-order valence-electron chi connectivity index (χ1n) is 5.64. The molecule has 1 atom stereocenters. The van der Waals surface area contributed by atoms with Crippen LogP contribution >= 0.6 is 0 Å². The van der Waals surface area contributed by atoms with E-state index in [2.05, 4.69) is 13.8 Å². The topological polar surface area (TPSA) is 35.2 Å². The highest BCUT2D eigenvalue weighted by atomic mass is 19.1. The van der Waals surface area contributed by atoms with Gasteiger partial charge in [0.25, 0.3) is 0 Å². The average molecular weight is 223 g/mol. The molecule has 0 saturated carbocycles. The van der Waals surface area contributed by atoms with Gasteiger partial charge in [0, 0.05) is 18.0 Å². The molecule has 1 aromatic carbocycles. The molecule has 1 heterocycles. The highest BCUT2D eigenvalue weighted by Gasteiger charge is 2.32. The van der Waals surface area contributed by atoms with Gasteiger partial charge >= 0.3 is 0 Å². The third-order valence-electron chi connectivity index (χ3n) is 3.17. The summed E-state index contributed by atoms with van der Waals surface area (Å²) in [5.41, 5.74) is 7.15. The van der Waals surface area contributed by atoms with Gasteiger partial charge in [-0.15, -0.1) is 0 Å². The Labute approximate surface area is 95.6 Å². The van der Waals surface area contributed by atoms with Gasteiger partial charge in [-0.25, -0.2) is 4.39 Å². The van der Waals surface area contributed by atoms with Crippen LogP contribution in [0, 0.1) is 5.82 Å². The molecule has 0 aromatic heterocycles. The molecule has 2 rings (SSSR count). The lowest BCUT2D eigenvalue weighted by Crippen LogP contribution is -2.16. The zero-order valence-electron chi connectivity index (χ0n) is 9.79. The van der Waals surface area contributed by atoms with Crippen molar-refractivity contribution in [1.82, 2.24) is 0 Å². The second kappa shape index (κ2) is 4.15. The lowest BCUT2D eigenvalue weighted by Gasteiger charge is -2.16. The van der Waals surface area contributed by atoms with Crippen LogP contribution in [0.15, 0.2) is 18.2 Å². The van der Waals surface area contributed by atoms with Crippen LogP contribution < -0.4 is 5.73 Å². The van der Waals surface area contributed by atoms with Crippen LogP contribution in [-0.4, -0.2) is 12.2 Å². The smallest absolute Gasteiger partial charge is 0.127 e. The molecule has 2 N–H and O–H groups in total. The second-order valence-electron chi connectivity index (χ2n) is 5.03. The minimum atomic E-state index is -0.218. The first-order valence-corrected chi connectivity index (χ1v) is 5.64. The van der Waals surface area contributed by atoms with E-state index in [-0.39, 0.29) is 18.0 Å². The Morgan fingerprint density at radius 1 is 1.50 bits per heavy atom. The summed E-state index contributed by atoms with van der Waals surface area (Å²) in [4.78, 5) is 0. The molecular weight excluding hydrogens is 205 g/mol. The van der Waals surface area contributed by atoms with E-state index in [1.54, 1.807) is 0 Å². The molecule has 0 radical (unpaired) electrons. The van der Waals surface area contributed by atoms with Crippen molar-refractivity contribution in [3.05, 3.63) is 35.1 Å². The van der Waals surface area contributed by atoms with Crippen molar-refractivity contribution < 1.29 is 9.13 Å². The van der Waals surface area contributed by atoms with Crippen molar-refractivity contribution in [3.63, 3.8) is 0 Å². The van der Waals surface area contributed by atoms with Gasteiger partial charge < -0.3 is 10.5 Å². The predicted molar refractivity (Wildman–Crippen MR) is 61.7 cm³/mol. The number of hydrogen-bond donors (Lipinski definition) is 1. The molecule has 3 heteroatoms. The van der Waals surface area contributed by atoms with Gasteiger partial charge in [0.05, 0.1) is 12.2 Å². The molecule has 1 aromatic rings.